The Balaban J connectivity index is 5.77. The molecule has 0 fully saturated rings. The monoisotopic (exact) mass is 262 g/mol. The van der Waals surface area contributed by atoms with Crippen LogP contribution < -0.4 is 0 Å². The van der Waals surface area contributed by atoms with Gasteiger partial charge in [0.1, 0.15) is 10.8 Å². The first-order valence-electron chi connectivity index (χ1n) is 4.93. The number of aliphatic carboxylic acids is 1. The molecule has 0 spiro atoms. The zero-order valence-electron chi connectivity index (χ0n) is 9.95. The summed E-state index contributed by atoms with van der Waals surface area (Å²) in [6.45, 7) is 2.37. The molecule has 0 amide bonds. The highest BCUT2D eigenvalue weighted by Gasteiger charge is 2.71. The first-order valence-corrected chi connectivity index (χ1v) is 4.93. The van der Waals surface area contributed by atoms with E-state index in [1.165, 1.54) is 0 Å². The zero-order valence-corrected chi connectivity index (χ0v) is 9.95. The lowest BCUT2D eigenvalue weighted by atomic mass is 9.68. The molecule has 0 bridgehead atoms. The van der Waals surface area contributed by atoms with Crippen molar-refractivity contribution in [2.45, 2.75) is 46.2 Å². The summed E-state index contributed by atoms with van der Waals surface area (Å²) >= 11 is 0. The van der Waals surface area contributed by atoms with Crippen molar-refractivity contribution in [3.8, 4) is 0 Å². The number of halogens is 5. The van der Waals surface area contributed by atoms with Crippen LogP contribution >= 0.6 is 0 Å². The van der Waals surface area contributed by atoms with Gasteiger partial charge in [0.15, 0.2) is 0 Å². The molecular weight excluding hydrogens is 247 g/mol. The Labute approximate surface area is 95.8 Å². The van der Waals surface area contributed by atoms with E-state index in [9.17, 15) is 26.7 Å². The molecule has 0 aliphatic heterocycles. The van der Waals surface area contributed by atoms with E-state index in [0.29, 0.717) is 20.8 Å². The SMILES string of the molecule is CCC(C)(C(=O)O)C(F)(F)C(C)(C)C(F)(F)F. The highest BCUT2D eigenvalue weighted by molar-refractivity contribution is 5.75. The molecule has 102 valence electrons. The first kappa shape index (κ1) is 16.1. The summed E-state index contributed by atoms with van der Waals surface area (Å²) in [5, 5.41) is 8.75. The third-order valence-corrected chi connectivity index (χ3v) is 3.37. The fraction of sp³-hybridized carbons (Fsp3) is 0.900. The summed E-state index contributed by atoms with van der Waals surface area (Å²) in [6, 6.07) is 0. The number of hydrogen-bond donors (Lipinski definition) is 1. The average molecular weight is 262 g/mol. The van der Waals surface area contributed by atoms with Gasteiger partial charge in [-0.1, -0.05) is 6.92 Å². The maximum Gasteiger partial charge on any atom is 0.399 e. The number of alkyl halides is 5. The Kier molecular flexibility index (Phi) is 3.89. The first-order chi connectivity index (χ1) is 7.25. The van der Waals surface area contributed by atoms with Gasteiger partial charge in [0, 0.05) is 0 Å². The molecule has 0 radical (unpaired) electrons. The largest absolute Gasteiger partial charge is 0.481 e. The van der Waals surface area contributed by atoms with Gasteiger partial charge in [0.25, 0.3) is 5.92 Å². The summed E-state index contributed by atoms with van der Waals surface area (Å²) in [5.74, 6) is -6.36. The molecule has 1 N–H and O–H groups in total. The molecule has 17 heavy (non-hydrogen) atoms. The minimum Gasteiger partial charge on any atom is -0.481 e. The second-order valence-electron chi connectivity index (χ2n) is 4.69. The minimum absolute atomic E-state index is 0.309. The van der Waals surface area contributed by atoms with E-state index < -0.39 is 35.3 Å². The summed E-state index contributed by atoms with van der Waals surface area (Å²) in [6.07, 6.45) is -5.79. The second-order valence-corrected chi connectivity index (χ2v) is 4.69. The van der Waals surface area contributed by atoms with E-state index in [1.54, 1.807) is 0 Å². The molecule has 1 unspecified atom stereocenters. The third-order valence-electron chi connectivity index (χ3n) is 3.37. The van der Waals surface area contributed by atoms with Crippen LogP contribution in [0.15, 0.2) is 0 Å². The highest BCUT2D eigenvalue weighted by atomic mass is 19.4. The van der Waals surface area contributed by atoms with Gasteiger partial charge in [0.2, 0.25) is 0 Å². The normalized spacial score (nSPS) is 17.7. The highest BCUT2D eigenvalue weighted by Crippen LogP contribution is 2.57. The van der Waals surface area contributed by atoms with E-state index in [1.807, 2.05) is 0 Å². The average Bonchev–Trinajstić information content (AvgIpc) is 2.13. The van der Waals surface area contributed by atoms with Gasteiger partial charge >= 0.3 is 12.1 Å². The summed E-state index contributed by atoms with van der Waals surface area (Å²) in [4.78, 5) is 10.8. The Bertz CT molecular complexity index is 308. The van der Waals surface area contributed by atoms with Gasteiger partial charge in [-0.15, -0.1) is 0 Å². The lowest BCUT2D eigenvalue weighted by molar-refractivity contribution is -0.313. The number of carboxylic acid groups (broad SMARTS) is 1. The fourth-order valence-electron chi connectivity index (χ4n) is 1.38. The Morgan fingerprint density at radius 1 is 1.06 bits per heavy atom. The summed E-state index contributed by atoms with van der Waals surface area (Å²) in [5.41, 5.74) is -6.17. The Hall–Kier alpha value is -0.880. The van der Waals surface area contributed by atoms with Crippen molar-refractivity contribution in [1.82, 2.24) is 0 Å². The van der Waals surface area contributed by atoms with E-state index in [2.05, 4.69) is 0 Å². The van der Waals surface area contributed by atoms with Crippen LogP contribution in [0.3, 0.4) is 0 Å². The molecule has 7 heteroatoms. The predicted octanol–water partition coefficient (Wildman–Crippen LogP) is 3.71. The van der Waals surface area contributed by atoms with Crippen molar-refractivity contribution >= 4 is 5.97 Å². The Morgan fingerprint density at radius 2 is 1.41 bits per heavy atom. The van der Waals surface area contributed by atoms with Crippen LogP contribution in [0.25, 0.3) is 0 Å². The van der Waals surface area contributed by atoms with Crippen LogP contribution in [0.1, 0.15) is 34.1 Å². The topological polar surface area (TPSA) is 37.3 Å². The maximum atomic E-state index is 13.9. The van der Waals surface area contributed by atoms with Crippen molar-refractivity contribution in [2.75, 3.05) is 0 Å². The minimum atomic E-state index is -5.19. The molecule has 0 saturated heterocycles. The lowest BCUT2D eigenvalue weighted by Crippen LogP contribution is -2.59. The van der Waals surface area contributed by atoms with Gasteiger partial charge in [-0.3, -0.25) is 4.79 Å². The summed E-state index contributed by atoms with van der Waals surface area (Å²) in [7, 11) is 0. The molecule has 0 heterocycles. The van der Waals surface area contributed by atoms with Crippen molar-refractivity contribution in [3.05, 3.63) is 0 Å². The van der Waals surface area contributed by atoms with Crippen molar-refractivity contribution in [2.24, 2.45) is 10.8 Å². The van der Waals surface area contributed by atoms with Crippen molar-refractivity contribution in [3.63, 3.8) is 0 Å². The van der Waals surface area contributed by atoms with Gasteiger partial charge < -0.3 is 5.11 Å². The van der Waals surface area contributed by atoms with Crippen LogP contribution in [0.5, 0.6) is 0 Å². The van der Waals surface area contributed by atoms with Crippen molar-refractivity contribution < 1.29 is 31.9 Å². The molecule has 0 aromatic heterocycles. The van der Waals surface area contributed by atoms with Crippen molar-refractivity contribution in [1.29, 1.82) is 0 Å². The van der Waals surface area contributed by atoms with E-state index in [0.717, 1.165) is 6.92 Å². The quantitative estimate of drug-likeness (QED) is 0.784. The van der Waals surface area contributed by atoms with Gasteiger partial charge in [-0.2, -0.15) is 13.2 Å². The van der Waals surface area contributed by atoms with Crippen LogP contribution in [0.2, 0.25) is 0 Å². The lowest BCUT2D eigenvalue weighted by Gasteiger charge is -2.43. The molecule has 0 saturated carbocycles. The second kappa shape index (κ2) is 4.10. The molecular formula is C10H15F5O2. The van der Waals surface area contributed by atoms with Gasteiger partial charge in [-0.25, -0.2) is 8.78 Å². The standard InChI is InChI=1S/C10H15F5O2/c1-5-8(4,6(16)17)9(11,12)7(2,3)10(13,14)15/h5H2,1-4H3,(H,16,17). The molecule has 1 atom stereocenters. The molecule has 0 rings (SSSR count). The zero-order chi connectivity index (χ0) is 14.3. The van der Waals surface area contributed by atoms with E-state index in [-0.39, 0.29) is 0 Å². The molecule has 2 nitrogen and oxygen atoms in total. The third kappa shape index (κ3) is 2.11. The molecule has 0 aromatic carbocycles. The number of carboxylic acids is 1. The van der Waals surface area contributed by atoms with Crippen LogP contribution in [0.4, 0.5) is 22.0 Å². The number of carbonyl (C=O) groups is 1. The van der Waals surface area contributed by atoms with Gasteiger partial charge in [-0.05, 0) is 27.2 Å². The number of rotatable bonds is 4. The molecule has 0 aliphatic rings. The molecule has 0 aliphatic carbocycles. The maximum absolute atomic E-state index is 13.9. The number of hydrogen-bond acceptors (Lipinski definition) is 1. The molecule has 0 aromatic rings. The predicted molar refractivity (Wildman–Crippen MR) is 50.8 cm³/mol. The van der Waals surface area contributed by atoms with Crippen LogP contribution in [-0.4, -0.2) is 23.2 Å². The Morgan fingerprint density at radius 3 is 1.59 bits per heavy atom. The van der Waals surface area contributed by atoms with E-state index >= 15 is 0 Å². The van der Waals surface area contributed by atoms with Crippen LogP contribution in [-0.2, 0) is 4.79 Å². The van der Waals surface area contributed by atoms with Crippen LogP contribution in [0, 0.1) is 10.8 Å². The van der Waals surface area contributed by atoms with E-state index in [4.69, 9.17) is 5.11 Å². The fourth-order valence-corrected chi connectivity index (χ4v) is 1.38. The van der Waals surface area contributed by atoms with Gasteiger partial charge in [0.05, 0.1) is 0 Å². The smallest absolute Gasteiger partial charge is 0.399 e. The summed E-state index contributed by atoms with van der Waals surface area (Å²) < 4.78 is 65.6.